The van der Waals surface area contributed by atoms with Crippen LogP contribution in [0.5, 0.6) is 5.75 Å². The number of carbonyl (C=O) groups excluding carboxylic acids is 4. The smallest absolute Gasteiger partial charge is 0.306 e. The van der Waals surface area contributed by atoms with Crippen molar-refractivity contribution in [1.29, 1.82) is 0 Å². The van der Waals surface area contributed by atoms with Crippen molar-refractivity contribution in [3.05, 3.63) is 57.6 Å². The van der Waals surface area contributed by atoms with Crippen molar-refractivity contribution >= 4 is 45.1 Å². The highest BCUT2D eigenvalue weighted by Gasteiger charge is 2.19. The minimum Gasteiger partial charge on any atom is -0.496 e. The van der Waals surface area contributed by atoms with Gasteiger partial charge in [-0.1, -0.05) is 15.9 Å². The highest BCUT2D eigenvalue weighted by atomic mass is 79.9. The largest absolute Gasteiger partial charge is 0.496 e. The maximum Gasteiger partial charge on any atom is 0.306 e. The van der Waals surface area contributed by atoms with Crippen LogP contribution in [0.2, 0.25) is 0 Å². The Hall–Kier alpha value is -3.00. The quantitative estimate of drug-likeness (QED) is 0.463. The molecule has 1 aliphatic rings. The summed E-state index contributed by atoms with van der Waals surface area (Å²) >= 11 is 3.31. The summed E-state index contributed by atoms with van der Waals surface area (Å²) in [4.78, 5) is 48.1. The molecule has 2 aromatic carbocycles. The number of esters is 1. The normalized spacial score (nSPS) is 12.5. The van der Waals surface area contributed by atoms with Gasteiger partial charge >= 0.3 is 5.97 Å². The third kappa shape index (κ3) is 5.33. The molecule has 156 valence electrons. The third-order valence-corrected chi connectivity index (χ3v) is 5.20. The van der Waals surface area contributed by atoms with Gasteiger partial charge in [0.1, 0.15) is 5.75 Å². The fourth-order valence-electron chi connectivity index (χ4n) is 3.11. The Kier molecular flexibility index (Phi) is 6.99. The summed E-state index contributed by atoms with van der Waals surface area (Å²) in [5.74, 6) is -0.854. The molecule has 3 rings (SSSR count). The minimum absolute atomic E-state index is 0.0504. The average molecular weight is 474 g/mol. The highest BCUT2D eigenvalue weighted by molar-refractivity contribution is 9.10. The molecule has 1 amide bonds. The molecule has 0 radical (unpaired) electrons. The van der Waals surface area contributed by atoms with Crippen LogP contribution in [0.3, 0.4) is 0 Å². The zero-order chi connectivity index (χ0) is 21.7. The molecule has 2 aromatic rings. The Bertz CT molecular complexity index is 1020. The van der Waals surface area contributed by atoms with Crippen molar-refractivity contribution in [3.8, 4) is 5.75 Å². The lowest BCUT2D eigenvalue weighted by atomic mass is 9.99. The van der Waals surface area contributed by atoms with Crippen LogP contribution in [0.25, 0.3) is 0 Å². The number of aryl methyl sites for hydroxylation is 1. The molecule has 0 aromatic heterocycles. The van der Waals surface area contributed by atoms with Gasteiger partial charge < -0.3 is 14.8 Å². The number of nitrogens with one attached hydrogen (secondary N) is 1. The molecule has 8 heteroatoms. The van der Waals surface area contributed by atoms with Crippen molar-refractivity contribution < 1.29 is 28.7 Å². The molecule has 0 spiro atoms. The fourth-order valence-corrected chi connectivity index (χ4v) is 3.47. The van der Waals surface area contributed by atoms with Gasteiger partial charge in [0.25, 0.3) is 0 Å². The van der Waals surface area contributed by atoms with E-state index in [4.69, 9.17) is 9.47 Å². The van der Waals surface area contributed by atoms with E-state index in [-0.39, 0.29) is 30.3 Å². The van der Waals surface area contributed by atoms with Gasteiger partial charge in [-0.25, -0.2) is 0 Å². The summed E-state index contributed by atoms with van der Waals surface area (Å²) in [7, 11) is 1.47. The zero-order valence-electron chi connectivity index (χ0n) is 16.3. The van der Waals surface area contributed by atoms with Crippen molar-refractivity contribution in [2.24, 2.45) is 0 Å². The first-order valence-electron chi connectivity index (χ1n) is 9.35. The van der Waals surface area contributed by atoms with E-state index in [1.54, 1.807) is 36.4 Å². The second kappa shape index (κ2) is 9.67. The van der Waals surface area contributed by atoms with Crippen LogP contribution in [0.4, 0.5) is 5.69 Å². The van der Waals surface area contributed by atoms with E-state index < -0.39 is 12.6 Å². The molecule has 1 aliphatic heterocycles. The van der Waals surface area contributed by atoms with Gasteiger partial charge in [-0.2, -0.15) is 0 Å². The van der Waals surface area contributed by atoms with Crippen LogP contribution in [-0.2, 0) is 20.7 Å². The van der Waals surface area contributed by atoms with Gasteiger partial charge in [-0.05, 0) is 48.4 Å². The maximum atomic E-state index is 12.4. The second-order valence-electron chi connectivity index (χ2n) is 6.77. The zero-order valence-corrected chi connectivity index (χ0v) is 17.9. The number of benzene rings is 2. The van der Waals surface area contributed by atoms with E-state index in [9.17, 15) is 19.2 Å². The Labute approximate surface area is 181 Å². The summed E-state index contributed by atoms with van der Waals surface area (Å²) in [6, 6.07) is 10.0. The monoisotopic (exact) mass is 473 g/mol. The van der Waals surface area contributed by atoms with Crippen LogP contribution < -0.4 is 10.1 Å². The molecule has 1 N–H and O–H groups in total. The molecule has 7 nitrogen and oxygen atoms in total. The molecule has 0 saturated carbocycles. The number of Topliss-reactive ketones (excluding diaryl/α,β-unsaturated/α-hetero) is 2. The molecule has 0 saturated heterocycles. The number of ketones is 2. The maximum absolute atomic E-state index is 12.4. The highest BCUT2D eigenvalue weighted by Crippen LogP contribution is 2.25. The summed E-state index contributed by atoms with van der Waals surface area (Å²) in [6.45, 7) is -0.404. The third-order valence-electron chi connectivity index (χ3n) is 4.71. The number of anilines is 1. The van der Waals surface area contributed by atoms with Gasteiger partial charge in [0.15, 0.2) is 18.2 Å². The molecule has 0 aliphatic carbocycles. The number of ether oxygens (including phenoxy) is 2. The van der Waals surface area contributed by atoms with E-state index in [0.29, 0.717) is 35.4 Å². The average Bonchev–Trinajstić information content (AvgIpc) is 2.75. The number of hydrogen-bond donors (Lipinski definition) is 1. The predicted octanol–water partition coefficient (Wildman–Crippen LogP) is 3.73. The summed E-state index contributed by atoms with van der Waals surface area (Å²) in [5, 5.41) is 2.75. The van der Waals surface area contributed by atoms with Crippen molar-refractivity contribution in [2.45, 2.75) is 25.7 Å². The number of halogens is 1. The first-order chi connectivity index (χ1) is 14.4. The summed E-state index contributed by atoms with van der Waals surface area (Å²) < 4.78 is 10.9. The van der Waals surface area contributed by atoms with Gasteiger partial charge in [-0.3, -0.25) is 19.2 Å². The number of methoxy groups -OCH3 is 1. The standard InChI is InChI=1S/C22H20BrNO6/c1-29-20-7-4-15(23)11-16(20)18(25)6-9-22(28)30-12-19(26)14-2-5-17-13(10-14)3-8-21(27)24-17/h2,4-5,7,10-11H,3,6,8-9,12H2,1H3,(H,24,27). The Morgan fingerprint density at radius 2 is 1.83 bits per heavy atom. The number of hydrogen-bond acceptors (Lipinski definition) is 6. The first-order valence-corrected chi connectivity index (χ1v) is 10.1. The van der Waals surface area contributed by atoms with E-state index >= 15 is 0 Å². The van der Waals surface area contributed by atoms with Crippen LogP contribution in [0.1, 0.15) is 45.5 Å². The fraction of sp³-hybridized carbons (Fsp3) is 0.273. The van der Waals surface area contributed by atoms with E-state index in [2.05, 4.69) is 21.2 Å². The van der Waals surface area contributed by atoms with Crippen LogP contribution in [-0.4, -0.2) is 37.2 Å². The van der Waals surface area contributed by atoms with E-state index in [1.165, 1.54) is 7.11 Å². The van der Waals surface area contributed by atoms with Gasteiger partial charge in [0, 0.05) is 28.6 Å². The Morgan fingerprint density at radius 3 is 2.60 bits per heavy atom. The lowest BCUT2D eigenvalue weighted by Crippen LogP contribution is -2.20. The van der Waals surface area contributed by atoms with Gasteiger partial charge in [-0.15, -0.1) is 0 Å². The van der Waals surface area contributed by atoms with Gasteiger partial charge in [0.05, 0.1) is 19.1 Å². The molecule has 30 heavy (non-hydrogen) atoms. The number of carbonyl (C=O) groups is 4. The van der Waals surface area contributed by atoms with Crippen molar-refractivity contribution in [3.63, 3.8) is 0 Å². The van der Waals surface area contributed by atoms with E-state index in [1.807, 2.05) is 0 Å². The summed E-state index contributed by atoms with van der Waals surface area (Å²) in [6.07, 6.45) is 0.732. The number of fused-ring (bicyclic) bond motifs is 1. The Balaban J connectivity index is 1.51. The first kappa shape index (κ1) is 21.7. The Morgan fingerprint density at radius 1 is 1.03 bits per heavy atom. The minimum atomic E-state index is -0.629. The molecule has 0 fully saturated rings. The van der Waals surface area contributed by atoms with Crippen molar-refractivity contribution in [1.82, 2.24) is 0 Å². The number of amides is 1. The predicted molar refractivity (Wildman–Crippen MR) is 113 cm³/mol. The SMILES string of the molecule is COc1ccc(Br)cc1C(=O)CCC(=O)OCC(=O)c1ccc2c(c1)CCC(=O)N2. The van der Waals surface area contributed by atoms with Crippen LogP contribution >= 0.6 is 15.9 Å². The molecule has 1 heterocycles. The molecule has 0 unspecified atom stereocenters. The van der Waals surface area contributed by atoms with Crippen molar-refractivity contribution in [2.75, 3.05) is 19.0 Å². The topological polar surface area (TPSA) is 98.8 Å². The van der Waals surface area contributed by atoms with Gasteiger partial charge in [0.2, 0.25) is 5.91 Å². The lowest BCUT2D eigenvalue weighted by molar-refractivity contribution is -0.142. The molecule has 0 bridgehead atoms. The molecule has 0 atom stereocenters. The lowest BCUT2D eigenvalue weighted by Gasteiger charge is -2.17. The molecular formula is C22H20BrNO6. The summed E-state index contributed by atoms with van der Waals surface area (Å²) in [5.41, 5.74) is 2.35. The second-order valence-corrected chi connectivity index (χ2v) is 7.69. The molecular weight excluding hydrogens is 454 g/mol. The van der Waals surface area contributed by atoms with E-state index in [0.717, 1.165) is 10.0 Å². The van der Waals surface area contributed by atoms with Crippen LogP contribution in [0, 0.1) is 0 Å². The van der Waals surface area contributed by atoms with Crippen LogP contribution in [0.15, 0.2) is 40.9 Å². The number of rotatable bonds is 8.